The summed E-state index contributed by atoms with van der Waals surface area (Å²) >= 11 is 1.55. The van der Waals surface area contributed by atoms with Crippen LogP contribution in [0.5, 0.6) is 0 Å². The largest absolute Gasteiger partial charge is 0.431 e. The fourth-order valence-electron chi connectivity index (χ4n) is 2.73. The highest BCUT2D eigenvalue weighted by molar-refractivity contribution is 8.00. The molecule has 0 aliphatic heterocycles. The first-order chi connectivity index (χ1) is 11.9. The Morgan fingerprint density at radius 1 is 1.04 bits per heavy atom. The number of allylic oxidation sites excluding steroid dienone is 4. The number of rotatable bonds is 2. The molecule has 1 aliphatic rings. The normalized spacial score (nSPS) is 24.3. The molecule has 0 unspecified atom stereocenters. The molecule has 0 amide bonds. The molecule has 0 radical (unpaired) electrons. The smallest absolute Gasteiger partial charge is 0.257 e. The highest BCUT2D eigenvalue weighted by Gasteiger charge is 2.20. The van der Waals surface area contributed by atoms with Crippen molar-refractivity contribution in [3.8, 4) is 0 Å². The second-order valence-corrected chi connectivity index (χ2v) is 6.94. The van der Waals surface area contributed by atoms with Gasteiger partial charge in [0.05, 0.1) is 11.0 Å². The Labute approximate surface area is 146 Å². The Morgan fingerprint density at radius 3 is 2.58 bits per heavy atom. The molecule has 24 heavy (non-hydrogen) atoms. The number of oxazole rings is 1. The van der Waals surface area contributed by atoms with E-state index in [0.717, 1.165) is 55.3 Å². The number of aromatic nitrogens is 1. The maximum absolute atomic E-state index is 9.47. The van der Waals surface area contributed by atoms with Crippen LogP contribution in [0.25, 0.3) is 11.1 Å². The van der Waals surface area contributed by atoms with Gasteiger partial charge in [0.25, 0.3) is 5.22 Å². The summed E-state index contributed by atoms with van der Waals surface area (Å²) in [4.78, 5) is 4.53. The average Bonchev–Trinajstić information content (AvgIpc) is 3.00. The molecule has 5 heteroatoms. The van der Waals surface area contributed by atoms with Crippen molar-refractivity contribution in [3.63, 3.8) is 0 Å². The summed E-state index contributed by atoms with van der Waals surface area (Å²) in [5.74, 6) is 0. The van der Waals surface area contributed by atoms with Crippen molar-refractivity contribution in [1.82, 2.24) is 4.98 Å². The van der Waals surface area contributed by atoms with E-state index in [2.05, 4.69) is 34.4 Å². The summed E-state index contributed by atoms with van der Waals surface area (Å²) in [6.07, 6.45) is 14.5. The third kappa shape index (κ3) is 4.51. The van der Waals surface area contributed by atoms with E-state index in [9.17, 15) is 5.21 Å². The van der Waals surface area contributed by atoms with E-state index in [4.69, 9.17) is 4.42 Å². The van der Waals surface area contributed by atoms with Crippen LogP contribution < -0.4 is 0 Å². The third-order valence-corrected chi connectivity index (χ3v) is 5.18. The van der Waals surface area contributed by atoms with Crippen LogP contribution >= 0.6 is 11.8 Å². The monoisotopic (exact) mass is 342 g/mol. The Morgan fingerprint density at radius 2 is 1.79 bits per heavy atom. The van der Waals surface area contributed by atoms with E-state index in [1.165, 1.54) is 0 Å². The highest BCUT2D eigenvalue weighted by atomic mass is 32.2. The summed E-state index contributed by atoms with van der Waals surface area (Å²) < 4.78 is 5.82. The lowest BCUT2D eigenvalue weighted by Gasteiger charge is -2.15. The molecule has 1 aromatic heterocycles. The molecular formula is C19H22N2O2S. The van der Waals surface area contributed by atoms with Gasteiger partial charge in [-0.2, -0.15) is 0 Å². The minimum absolute atomic E-state index is 0.0699. The summed E-state index contributed by atoms with van der Waals surface area (Å²) in [7, 11) is 0. The van der Waals surface area contributed by atoms with Gasteiger partial charge >= 0.3 is 0 Å². The van der Waals surface area contributed by atoms with Crippen LogP contribution in [0, 0.1) is 0 Å². The van der Waals surface area contributed by atoms with Gasteiger partial charge in [-0.15, -0.1) is 0 Å². The topological polar surface area (TPSA) is 58.6 Å². The molecular weight excluding hydrogens is 320 g/mol. The molecule has 4 nitrogen and oxygen atoms in total. The molecule has 0 saturated heterocycles. The predicted octanol–water partition coefficient (Wildman–Crippen LogP) is 5.59. The van der Waals surface area contributed by atoms with E-state index in [0.29, 0.717) is 5.22 Å². The quantitative estimate of drug-likeness (QED) is 0.439. The second kappa shape index (κ2) is 8.73. The van der Waals surface area contributed by atoms with Crippen molar-refractivity contribution in [2.75, 3.05) is 0 Å². The lowest BCUT2D eigenvalue weighted by molar-refractivity contribution is 0.316. The van der Waals surface area contributed by atoms with Gasteiger partial charge in [0, 0.05) is 0 Å². The Kier molecular flexibility index (Phi) is 6.13. The van der Waals surface area contributed by atoms with Crippen LogP contribution in [0.4, 0.5) is 0 Å². The van der Waals surface area contributed by atoms with Crippen LogP contribution in [-0.2, 0) is 0 Å². The van der Waals surface area contributed by atoms with Crippen LogP contribution in [0.2, 0.25) is 0 Å². The number of thioether (sulfide) groups is 1. The molecule has 1 N–H and O–H groups in total. The standard InChI is InChI=1S/C19H22N2O2S/c22-21-16-12-7-5-3-1-2-4-6-8-14-18(16)24-19-20-15-11-9-10-13-17(15)23-19/h3-6,9-11,13,18,22H,1-2,7-8,12,14H2/b5-3+,6-4+,21-16-/t18-/m0/s1. The first-order valence-corrected chi connectivity index (χ1v) is 9.28. The number of para-hydroxylation sites is 2. The number of fused-ring (bicyclic) bond motifs is 1. The lowest BCUT2D eigenvalue weighted by Crippen LogP contribution is -2.17. The Bertz CT molecular complexity index is 716. The second-order valence-electron chi connectivity index (χ2n) is 5.78. The van der Waals surface area contributed by atoms with Gasteiger partial charge in [0.2, 0.25) is 0 Å². The molecule has 0 spiro atoms. The van der Waals surface area contributed by atoms with Gasteiger partial charge in [-0.3, -0.25) is 0 Å². The van der Waals surface area contributed by atoms with Gasteiger partial charge in [-0.25, -0.2) is 4.98 Å². The van der Waals surface area contributed by atoms with Gasteiger partial charge in [0.15, 0.2) is 5.58 Å². The molecule has 1 heterocycles. The van der Waals surface area contributed by atoms with E-state index in [1.807, 2.05) is 24.3 Å². The number of oxime groups is 1. The zero-order chi connectivity index (χ0) is 16.6. The van der Waals surface area contributed by atoms with Crippen LogP contribution in [0.3, 0.4) is 0 Å². The van der Waals surface area contributed by atoms with Crippen molar-refractivity contribution in [3.05, 3.63) is 48.6 Å². The van der Waals surface area contributed by atoms with E-state index < -0.39 is 0 Å². The maximum atomic E-state index is 9.47. The Hall–Kier alpha value is -2.01. The van der Waals surface area contributed by atoms with Crippen molar-refractivity contribution < 1.29 is 9.62 Å². The number of hydrogen-bond donors (Lipinski definition) is 1. The van der Waals surface area contributed by atoms with Crippen LogP contribution in [-0.4, -0.2) is 21.2 Å². The third-order valence-electron chi connectivity index (χ3n) is 4.01. The maximum Gasteiger partial charge on any atom is 0.257 e. The molecule has 3 rings (SSSR count). The predicted molar refractivity (Wildman–Crippen MR) is 98.9 cm³/mol. The summed E-state index contributed by atoms with van der Waals surface area (Å²) in [6.45, 7) is 0. The van der Waals surface area contributed by atoms with Crippen LogP contribution in [0.1, 0.15) is 38.5 Å². The summed E-state index contributed by atoms with van der Waals surface area (Å²) in [5.41, 5.74) is 2.46. The molecule has 126 valence electrons. The number of nitrogens with zero attached hydrogens (tertiary/aromatic N) is 2. The van der Waals surface area contributed by atoms with Gasteiger partial charge in [-0.1, -0.05) is 53.4 Å². The van der Waals surface area contributed by atoms with Gasteiger partial charge in [-0.05, 0) is 50.7 Å². The average molecular weight is 342 g/mol. The first-order valence-electron chi connectivity index (χ1n) is 8.40. The number of hydrogen-bond acceptors (Lipinski definition) is 5. The molecule has 1 aromatic carbocycles. The highest BCUT2D eigenvalue weighted by Crippen LogP contribution is 2.31. The minimum Gasteiger partial charge on any atom is -0.431 e. The SMILES string of the molecule is O/N=C1/CC/C=C/CC/C=C/CC[C@@H]1Sc1nc2ccccc2o1. The lowest BCUT2D eigenvalue weighted by atomic mass is 10.1. The molecule has 2 aromatic rings. The van der Waals surface area contributed by atoms with Crippen molar-refractivity contribution in [2.24, 2.45) is 5.16 Å². The molecule has 0 saturated carbocycles. The fraction of sp³-hybridized carbons (Fsp3) is 0.368. The first kappa shape index (κ1) is 16.8. The van der Waals surface area contributed by atoms with Crippen molar-refractivity contribution >= 4 is 28.6 Å². The fourth-order valence-corrected chi connectivity index (χ4v) is 3.82. The van der Waals surface area contributed by atoms with E-state index in [1.54, 1.807) is 11.8 Å². The van der Waals surface area contributed by atoms with Crippen molar-refractivity contribution in [1.29, 1.82) is 0 Å². The summed E-state index contributed by atoms with van der Waals surface area (Å²) in [6, 6.07) is 7.75. The van der Waals surface area contributed by atoms with Gasteiger partial charge in [0.1, 0.15) is 5.52 Å². The number of benzene rings is 1. The zero-order valence-corrected chi connectivity index (χ0v) is 14.4. The molecule has 1 atom stereocenters. The van der Waals surface area contributed by atoms with Crippen LogP contribution in [0.15, 0.2) is 63.4 Å². The van der Waals surface area contributed by atoms with Gasteiger partial charge < -0.3 is 9.62 Å². The zero-order valence-electron chi connectivity index (χ0n) is 13.6. The van der Waals surface area contributed by atoms with Crippen molar-refractivity contribution in [2.45, 2.75) is 49.0 Å². The summed E-state index contributed by atoms with van der Waals surface area (Å²) in [5, 5.41) is 13.7. The Balaban J connectivity index is 1.77. The molecule has 1 aliphatic carbocycles. The molecule has 0 bridgehead atoms. The van der Waals surface area contributed by atoms with E-state index in [-0.39, 0.29) is 5.25 Å². The minimum atomic E-state index is 0.0699. The van der Waals surface area contributed by atoms with E-state index >= 15 is 0 Å². The molecule has 0 fully saturated rings.